The number of carboxylic acids is 2. The summed E-state index contributed by atoms with van der Waals surface area (Å²) in [5.41, 5.74) is 0. The number of carbonyl (C=O) groups is 2. The Morgan fingerprint density at radius 2 is 0.742 bits per heavy atom. The number of carbonyl (C=O) groups excluding carboxylic acids is 2. The first-order chi connectivity index (χ1) is 29.2. The van der Waals surface area contributed by atoms with Gasteiger partial charge in [-0.2, -0.15) is 8.42 Å². The molecule has 0 saturated carbocycles. The van der Waals surface area contributed by atoms with Crippen LogP contribution in [0.1, 0.15) is 253 Å². The topological polar surface area (TPSA) is 135 Å². The fourth-order valence-corrected chi connectivity index (χ4v) is 9.68. The molecule has 0 rings (SSSR count). The molecule has 2 unspecified atom stereocenters. The van der Waals surface area contributed by atoms with Gasteiger partial charge in [-0.3, -0.25) is 4.55 Å². The number of rotatable bonds is 41. The number of hydrogen-bond acceptors (Lipinski definition) is 6. The highest BCUT2D eigenvalue weighted by atomic mass is 32.2. The number of unbranched alkanes of at least 4 members (excludes halogenated alkanes) is 26. The van der Waals surface area contributed by atoms with E-state index in [1.54, 1.807) is 6.92 Å². The Hall–Kier alpha value is -1.23. The molecular weight excluding hydrogens is 797 g/mol. The van der Waals surface area contributed by atoms with E-state index in [0.717, 1.165) is 21.8 Å². The Balaban J connectivity index is -0.000000844. The summed E-state index contributed by atoms with van der Waals surface area (Å²) >= 11 is 0. The Morgan fingerprint density at radius 1 is 0.468 bits per heavy atom. The highest BCUT2D eigenvalue weighted by molar-refractivity contribution is 7.88. The molecule has 62 heavy (non-hydrogen) atoms. The standard InChI is InChI=1S/2C19H42N.C14H26O7S/c2*1-5-6-7-8-9-10-11-12-13-14-15-16-17-18-19-20(2,3)4;1-4-10(5-2)7-8-11(6-3)14(13(17)18,9-12(15)16)22(19,20)21/h2*5-19H2,1-4H3;10-11H,4-9H2,1-3H3,(H,15,16)(H,17,18)(H,19,20,21)/q2*+1;/p-2. The van der Waals surface area contributed by atoms with Crippen LogP contribution in [0.3, 0.4) is 0 Å². The lowest BCUT2D eigenvalue weighted by Crippen LogP contribution is -2.60. The minimum Gasteiger partial charge on any atom is -0.550 e. The van der Waals surface area contributed by atoms with Gasteiger partial charge in [-0.25, -0.2) is 0 Å². The molecule has 374 valence electrons. The number of carboxylic acid groups (broad SMARTS) is 2. The zero-order valence-corrected chi connectivity index (χ0v) is 44.1. The van der Waals surface area contributed by atoms with Crippen molar-refractivity contribution in [1.82, 2.24) is 0 Å². The van der Waals surface area contributed by atoms with Crippen LogP contribution in [0.2, 0.25) is 0 Å². The molecule has 9 nitrogen and oxygen atoms in total. The fraction of sp³-hybridized carbons (Fsp3) is 0.962. The molecular formula is C52H108N2O7S. The van der Waals surface area contributed by atoms with Crippen molar-refractivity contribution < 1.29 is 41.7 Å². The summed E-state index contributed by atoms with van der Waals surface area (Å²) in [5.74, 6) is -4.75. The first kappa shape index (κ1) is 65.1. The third-order valence-corrected chi connectivity index (χ3v) is 14.4. The van der Waals surface area contributed by atoms with Gasteiger partial charge in [0.2, 0.25) is 0 Å². The zero-order chi connectivity index (χ0) is 47.8. The summed E-state index contributed by atoms with van der Waals surface area (Å²) in [4.78, 5) is 22.3. The van der Waals surface area contributed by atoms with E-state index in [2.05, 4.69) is 56.1 Å². The van der Waals surface area contributed by atoms with Crippen LogP contribution in [0.25, 0.3) is 0 Å². The van der Waals surface area contributed by atoms with Gasteiger partial charge in [-0.15, -0.1) is 0 Å². The van der Waals surface area contributed by atoms with Crippen molar-refractivity contribution in [3.8, 4) is 0 Å². The van der Waals surface area contributed by atoms with E-state index in [-0.39, 0.29) is 18.8 Å². The van der Waals surface area contributed by atoms with Crippen LogP contribution in [0.4, 0.5) is 0 Å². The average Bonchev–Trinajstić information content (AvgIpc) is 3.18. The number of aliphatic carboxylic acids is 2. The third kappa shape index (κ3) is 40.3. The molecule has 0 aromatic rings. The van der Waals surface area contributed by atoms with E-state index >= 15 is 0 Å². The first-order valence-corrected chi connectivity index (χ1v) is 27.6. The summed E-state index contributed by atoms with van der Waals surface area (Å²) in [6, 6.07) is 0. The van der Waals surface area contributed by atoms with Crippen molar-refractivity contribution in [3.63, 3.8) is 0 Å². The first-order valence-electron chi connectivity index (χ1n) is 26.2. The Bertz CT molecular complexity index is 1070. The molecule has 0 aromatic heterocycles. The van der Waals surface area contributed by atoms with E-state index in [9.17, 15) is 32.8 Å². The van der Waals surface area contributed by atoms with Gasteiger partial charge < -0.3 is 28.8 Å². The summed E-state index contributed by atoms with van der Waals surface area (Å²) in [6.07, 6.45) is 41.9. The largest absolute Gasteiger partial charge is 0.550 e. The Labute approximate surface area is 387 Å². The lowest BCUT2D eigenvalue weighted by molar-refractivity contribution is -0.870. The molecule has 0 aliphatic carbocycles. The van der Waals surface area contributed by atoms with Crippen LogP contribution in [-0.4, -0.2) is 94.0 Å². The summed E-state index contributed by atoms with van der Waals surface area (Å²) in [5, 5.41) is 22.3. The van der Waals surface area contributed by atoms with Crippen molar-refractivity contribution in [1.29, 1.82) is 0 Å². The third-order valence-electron chi connectivity index (χ3n) is 12.8. The maximum atomic E-state index is 11.7. The smallest absolute Gasteiger partial charge is 0.276 e. The van der Waals surface area contributed by atoms with Gasteiger partial charge in [-0.05, 0) is 43.9 Å². The maximum absolute atomic E-state index is 11.7. The van der Waals surface area contributed by atoms with Crippen LogP contribution in [0.15, 0.2) is 0 Å². The lowest BCUT2D eigenvalue weighted by Gasteiger charge is -2.39. The maximum Gasteiger partial charge on any atom is 0.276 e. The van der Waals surface area contributed by atoms with E-state index < -0.39 is 39.1 Å². The highest BCUT2D eigenvalue weighted by Gasteiger charge is 2.50. The molecule has 0 heterocycles. The van der Waals surface area contributed by atoms with Crippen LogP contribution in [0.5, 0.6) is 0 Å². The molecule has 10 heteroatoms. The fourth-order valence-electron chi connectivity index (χ4n) is 8.47. The Kier molecular flexibility index (Phi) is 43.2. The van der Waals surface area contributed by atoms with Crippen LogP contribution in [-0.2, 0) is 19.7 Å². The van der Waals surface area contributed by atoms with Crippen molar-refractivity contribution in [2.24, 2.45) is 11.8 Å². The van der Waals surface area contributed by atoms with Crippen LogP contribution < -0.4 is 10.2 Å². The SMILES string of the molecule is CCC(CC)CCC(CC)C(CC(=O)[O-])(C(=O)[O-])S(=O)(=O)O.CCCCCCCCCCCCCCCC[N+](C)(C)C.CCCCCCCCCCCCCCCC[N+](C)(C)C. The predicted molar refractivity (Wildman–Crippen MR) is 262 cm³/mol. The van der Waals surface area contributed by atoms with Gasteiger partial charge in [0, 0.05) is 12.4 Å². The number of hydrogen-bond donors (Lipinski definition) is 1. The van der Waals surface area contributed by atoms with Gasteiger partial charge in [0.25, 0.3) is 10.1 Å². The summed E-state index contributed by atoms with van der Waals surface area (Å²) in [7, 11) is 8.59. The van der Waals surface area contributed by atoms with E-state index in [0.29, 0.717) is 6.42 Å². The zero-order valence-electron chi connectivity index (χ0n) is 43.3. The molecule has 1 N–H and O–H groups in total. The predicted octanol–water partition coefficient (Wildman–Crippen LogP) is 12.1. The molecule has 0 saturated heterocycles. The molecule has 0 bridgehead atoms. The molecule has 0 radical (unpaired) electrons. The monoisotopic (exact) mass is 905 g/mol. The molecule has 2 atom stereocenters. The van der Waals surface area contributed by atoms with Gasteiger partial charge in [0.05, 0.1) is 61.3 Å². The van der Waals surface area contributed by atoms with E-state index in [1.807, 2.05) is 13.8 Å². The van der Waals surface area contributed by atoms with Gasteiger partial charge in [0.15, 0.2) is 0 Å². The minimum atomic E-state index is -5.18. The van der Waals surface area contributed by atoms with E-state index in [1.165, 1.54) is 193 Å². The Morgan fingerprint density at radius 3 is 0.935 bits per heavy atom. The second-order valence-corrected chi connectivity index (χ2v) is 22.5. The minimum absolute atomic E-state index is 0.0845. The molecule has 0 fully saturated rings. The van der Waals surface area contributed by atoms with Crippen molar-refractivity contribution in [3.05, 3.63) is 0 Å². The molecule has 0 aromatic carbocycles. The second kappa shape index (κ2) is 41.2. The number of quaternary nitrogens is 2. The van der Waals surface area contributed by atoms with Crippen molar-refractivity contribution >= 4 is 22.1 Å². The quantitative estimate of drug-likeness (QED) is 0.0367. The molecule has 0 aliphatic heterocycles. The number of nitrogens with zero attached hydrogens (tertiary/aromatic N) is 2. The van der Waals surface area contributed by atoms with Crippen LogP contribution >= 0.6 is 0 Å². The molecule has 0 aliphatic rings. The van der Waals surface area contributed by atoms with Crippen molar-refractivity contribution in [2.45, 2.75) is 258 Å². The second-order valence-electron chi connectivity index (χ2n) is 20.8. The highest BCUT2D eigenvalue weighted by Crippen LogP contribution is 2.37. The van der Waals surface area contributed by atoms with Crippen LogP contribution in [0, 0.1) is 11.8 Å². The van der Waals surface area contributed by atoms with E-state index in [4.69, 9.17) is 0 Å². The normalized spacial score (nSPS) is 13.5. The lowest BCUT2D eigenvalue weighted by atomic mass is 9.80. The van der Waals surface area contributed by atoms with Crippen molar-refractivity contribution in [2.75, 3.05) is 55.4 Å². The van der Waals surface area contributed by atoms with Gasteiger partial charge in [0.1, 0.15) is 4.75 Å². The molecule has 0 spiro atoms. The molecule has 0 amide bonds. The average molecular weight is 906 g/mol. The summed E-state index contributed by atoms with van der Waals surface area (Å²) in [6.45, 7) is 12.7. The van der Waals surface area contributed by atoms with Gasteiger partial charge >= 0.3 is 0 Å². The van der Waals surface area contributed by atoms with Gasteiger partial charge in [-0.1, -0.05) is 214 Å². The summed E-state index contributed by atoms with van der Waals surface area (Å²) < 4.78 is 32.1.